The molecule has 182 valence electrons. The number of thiazole rings is 1. The van der Waals surface area contributed by atoms with Gasteiger partial charge in [-0.05, 0) is 48.4 Å². The predicted octanol–water partition coefficient (Wildman–Crippen LogP) is 4.35. The summed E-state index contributed by atoms with van der Waals surface area (Å²) in [5.74, 6) is 0.769. The van der Waals surface area contributed by atoms with Gasteiger partial charge in [0.1, 0.15) is 16.4 Å². The number of anilines is 1. The molecule has 0 radical (unpaired) electrons. The molecule has 8 nitrogen and oxygen atoms in total. The number of aromatic nitrogens is 1. The number of carbonyl (C=O) groups is 1. The van der Waals surface area contributed by atoms with Gasteiger partial charge in [-0.2, -0.15) is 4.31 Å². The predicted molar refractivity (Wildman–Crippen MR) is 134 cm³/mol. The number of amides is 1. The third kappa shape index (κ3) is 5.57. The molecule has 0 unspecified atom stereocenters. The molecule has 0 bridgehead atoms. The molecular formula is C24H29N3O5S2. The second kappa shape index (κ2) is 11.0. The fourth-order valence-electron chi connectivity index (χ4n) is 3.57. The molecule has 1 heterocycles. The third-order valence-electron chi connectivity index (χ3n) is 5.29. The number of nitrogens with one attached hydrogen (secondary N) is 1. The number of ether oxygens (including phenoxy) is 2. The van der Waals surface area contributed by atoms with Crippen LogP contribution in [0.3, 0.4) is 0 Å². The number of rotatable bonds is 10. The summed E-state index contributed by atoms with van der Waals surface area (Å²) in [6.45, 7) is 6.13. The van der Waals surface area contributed by atoms with Crippen molar-refractivity contribution in [3.8, 4) is 21.9 Å². The topological polar surface area (TPSA) is 97.8 Å². The van der Waals surface area contributed by atoms with E-state index in [2.05, 4.69) is 10.3 Å². The zero-order valence-corrected chi connectivity index (χ0v) is 21.5. The smallest absolute Gasteiger partial charge is 0.246 e. The Labute approximate surface area is 204 Å². The molecule has 34 heavy (non-hydrogen) atoms. The van der Waals surface area contributed by atoms with Gasteiger partial charge in [0.15, 0.2) is 5.13 Å². The average Bonchev–Trinajstić information content (AvgIpc) is 3.18. The molecule has 1 aromatic heterocycles. The van der Waals surface area contributed by atoms with Crippen molar-refractivity contribution in [3.05, 3.63) is 53.7 Å². The quantitative estimate of drug-likeness (QED) is 0.442. The maximum atomic E-state index is 13.2. The van der Waals surface area contributed by atoms with Crippen molar-refractivity contribution in [2.24, 2.45) is 0 Å². The molecule has 0 saturated carbocycles. The SMILES string of the molecule is CCN(CC)S(=O)(=O)c1cc(-c2sc(NC(=O)Cc3cccc(OC)c3)nc2C)ccc1OC. The van der Waals surface area contributed by atoms with E-state index in [4.69, 9.17) is 9.47 Å². The van der Waals surface area contributed by atoms with Crippen LogP contribution >= 0.6 is 11.3 Å². The summed E-state index contributed by atoms with van der Waals surface area (Å²) in [5, 5.41) is 3.29. The fraction of sp³-hybridized carbons (Fsp3) is 0.333. The Bertz CT molecular complexity index is 1270. The van der Waals surface area contributed by atoms with Crippen molar-refractivity contribution in [1.82, 2.24) is 9.29 Å². The second-order valence-corrected chi connectivity index (χ2v) is 10.4. The summed E-state index contributed by atoms with van der Waals surface area (Å²) in [6, 6.07) is 12.4. The number of nitrogens with zero attached hydrogens (tertiary/aromatic N) is 2. The average molecular weight is 504 g/mol. The summed E-state index contributed by atoms with van der Waals surface area (Å²) in [5.41, 5.74) is 2.21. The minimum Gasteiger partial charge on any atom is -0.497 e. The minimum absolute atomic E-state index is 0.104. The highest BCUT2D eigenvalue weighted by Crippen LogP contribution is 2.37. The molecule has 0 aliphatic carbocycles. The first-order valence-corrected chi connectivity index (χ1v) is 13.1. The van der Waals surface area contributed by atoms with Gasteiger partial charge in [0.2, 0.25) is 15.9 Å². The van der Waals surface area contributed by atoms with Crippen LogP contribution in [0.25, 0.3) is 10.4 Å². The summed E-state index contributed by atoms with van der Waals surface area (Å²) >= 11 is 1.29. The molecule has 0 saturated heterocycles. The molecule has 0 spiro atoms. The van der Waals surface area contributed by atoms with Gasteiger partial charge < -0.3 is 14.8 Å². The number of aryl methyl sites for hydroxylation is 1. The van der Waals surface area contributed by atoms with E-state index < -0.39 is 10.0 Å². The summed E-state index contributed by atoms with van der Waals surface area (Å²) < 4.78 is 38.3. The van der Waals surface area contributed by atoms with Gasteiger partial charge in [0, 0.05) is 13.1 Å². The van der Waals surface area contributed by atoms with Gasteiger partial charge in [-0.25, -0.2) is 13.4 Å². The van der Waals surface area contributed by atoms with Crippen molar-refractivity contribution in [3.63, 3.8) is 0 Å². The lowest BCUT2D eigenvalue weighted by Gasteiger charge is -2.20. The summed E-state index contributed by atoms with van der Waals surface area (Å²) in [4.78, 5) is 17.9. The number of hydrogen-bond acceptors (Lipinski definition) is 7. The van der Waals surface area contributed by atoms with Crippen LogP contribution in [0.1, 0.15) is 25.1 Å². The van der Waals surface area contributed by atoms with Crippen LogP contribution in [0.2, 0.25) is 0 Å². The van der Waals surface area contributed by atoms with Gasteiger partial charge in [-0.15, -0.1) is 0 Å². The largest absolute Gasteiger partial charge is 0.497 e. The standard InChI is InChI=1S/C24H29N3O5S2/c1-6-27(7-2)34(29,30)21-15-18(11-12-20(21)32-5)23-16(3)25-24(33-23)26-22(28)14-17-9-8-10-19(13-17)31-4/h8-13,15H,6-7,14H2,1-5H3,(H,25,26,28). The van der Waals surface area contributed by atoms with Crippen molar-refractivity contribution < 1.29 is 22.7 Å². The van der Waals surface area contributed by atoms with E-state index in [-0.39, 0.29) is 23.0 Å². The Hall–Kier alpha value is -2.95. The van der Waals surface area contributed by atoms with Crippen LogP contribution in [0.5, 0.6) is 11.5 Å². The zero-order valence-electron chi connectivity index (χ0n) is 19.9. The number of sulfonamides is 1. The monoisotopic (exact) mass is 503 g/mol. The van der Waals surface area contributed by atoms with E-state index in [1.165, 1.54) is 22.8 Å². The highest BCUT2D eigenvalue weighted by Gasteiger charge is 2.26. The van der Waals surface area contributed by atoms with Crippen LogP contribution in [-0.2, 0) is 21.2 Å². The van der Waals surface area contributed by atoms with Crippen LogP contribution in [0.4, 0.5) is 5.13 Å². The maximum absolute atomic E-state index is 13.2. The lowest BCUT2D eigenvalue weighted by Crippen LogP contribution is -2.30. The number of carbonyl (C=O) groups excluding carboxylic acids is 1. The van der Waals surface area contributed by atoms with Crippen LogP contribution in [-0.4, -0.2) is 50.9 Å². The Kier molecular flexibility index (Phi) is 8.29. The summed E-state index contributed by atoms with van der Waals surface area (Å²) in [6.07, 6.45) is 0.181. The molecular weight excluding hydrogens is 474 g/mol. The van der Waals surface area contributed by atoms with E-state index in [0.717, 1.165) is 10.4 Å². The number of benzene rings is 2. The minimum atomic E-state index is -3.73. The lowest BCUT2D eigenvalue weighted by atomic mass is 10.1. The molecule has 0 aliphatic rings. The Morgan fingerprint density at radius 3 is 2.47 bits per heavy atom. The first-order valence-electron chi connectivity index (χ1n) is 10.8. The van der Waals surface area contributed by atoms with Crippen molar-refractivity contribution >= 4 is 32.4 Å². The van der Waals surface area contributed by atoms with E-state index in [9.17, 15) is 13.2 Å². The molecule has 0 atom stereocenters. The molecule has 2 aromatic carbocycles. The Morgan fingerprint density at radius 1 is 1.09 bits per heavy atom. The lowest BCUT2D eigenvalue weighted by molar-refractivity contribution is -0.115. The normalized spacial score (nSPS) is 11.5. The fourth-order valence-corrected chi connectivity index (χ4v) is 6.19. The summed E-state index contributed by atoms with van der Waals surface area (Å²) in [7, 11) is -0.698. The highest BCUT2D eigenvalue weighted by atomic mass is 32.2. The van der Waals surface area contributed by atoms with Crippen molar-refractivity contribution in [2.45, 2.75) is 32.1 Å². The van der Waals surface area contributed by atoms with Gasteiger partial charge in [-0.3, -0.25) is 4.79 Å². The van der Waals surface area contributed by atoms with Gasteiger partial charge in [-0.1, -0.05) is 37.3 Å². The highest BCUT2D eigenvalue weighted by molar-refractivity contribution is 7.89. The molecule has 10 heteroatoms. The number of hydrogen-bond donors (Lipinski definition) is 1. The van der Waals surface area contributed by atoms with E-state index in [1.807, 2.05) is 31.2 Å². The van der Waals surface area contributed by atoms with E-state index in [0.29, 0.717) is 35.2 Å². The van der Waals surface area contributed by atoms with E-state index >= 15 is 0 Å². The molecule has 3 rings (SSSR count). The Morgan fingerprint density at radius 2 is 1.82 bits per heavy atom. The first kappa shape index (κ1) is 25.7. The van der Waals surface area contributed by atoms with Crippen molar-refractivity contribution in [2.75, 3.05) is 32.6 Å². The van der Waals surface area contributed by atoms with Gasteiger partial charge in [0.25, 0.3) is 0 Å². The molecule has 1 amide bonds. The van der Waals surface area contributed by atoms with Crippen LogP contribution in [0.15, 0.2) is 47.4 Å². The zero-order chi connectivity index (χ0) is 24.9. The molecule has 3 aromatic rings. The molecule has 0 aliphatic heterocycles. The van der Waals surface area contributed by atoms with Crippen molar-refractivity contribution in [1.29, 1.82) is 0 Å². The van der Waals surface area contributed by atoms with Gasteiger partial charge in [0.05, 0.1) is 31.2 Å². The molecule has 1 N–H and O–H groups in total. The van der Waals surface area contributed by atoms with E-state index in [1.54, 1.807) is 39.2 Å². The van der Waals surface area contributed by atoms with Crippen LogP contribution in [0, 0.1) is 6.92 Å². The number of methoxy groups -OCH3 is 2. The Balaban J connectivity index is 1.87. The van der Waals surface area contributed by atoms with Crippen LogP contribution < -0.4 is 14.8 Å². The van der Waals surface area contributed by atoms with Gasteiger partial charge >= 0.3 is 0 Å². The third-order valence-corrected chi connectivity index (χ3v) is 8.48. The second-order valence-electron chi connectivity index (χ2n) is 7.47. The first-order chi connectivity index (χ1) is 16.2. The maximum Gasteiger partial charge on any atom is 0.246 e. The molecule has 0 fully saturated rings.